The van der Waals surface area contributed by atoms with E-state index in [0.29, 0.717) is 26.7 Å². The number of hydrogen-bond donors (Lipinski definition) is 1. The number of nitro groups is 1. The first kappa shape index (κ1) is 25.8. The maximum atomic E-state index is 13.0. The third-order valence-electron chi connectivity index (χ3n) is 6.79. The highest BCUT2D eigenvalue weighted by Gasteiger charge is 2.23. The number of nitrogens with one attached hydrogen (secondary N) is 1. The molecule has 5 aromatic rings. The van der Waals surface area contributed by atoms with Gasteiger partial charge < -0.3 is 24.0 Å². The lowest BCUT2D eigenvalue weighted by Crippen LogP contribution is -2.45. The number of benzene rings is 1. The summed E-state index contributed by atoms with van der Waals surface area (Å²) >= 11 is 7.43. The SMILES string of the molecule is O=C(NC1CCN(c2ccncc2)CC1)Oc1cc2cc([N+](=O)[O-])ccc2n1Cc1cc(-c2ccc(Cl)s2)on1. The molecule has 1 aliphatic rings. The fourth-order valence-electron chi connectivity index (χ4n) is 4.83. The van der Waals surface area contributed by atoms with E-state index < -0.39 is 11.0 Å². The second-order valence-electron chi connectivity index (χ2n) is 9.36. The number of non-ortho nitro benzene ring substituents is 1. The summed E-state index contributed by atoms with van der Waals surface area (Å²) in [7, 11) is 0. The minimum absolute atomic E-state index is 0.0415. The van der Waals surface area contributed by atoms with Crippen LogP contribution < -0.4 is 15.0 Å². The van der Waals surface area contributed by atoms with Gasteiger partial charge in [0.2, 0.25) is 5.88 Å². The normalized spacial score (nSPS) is 14.0. The van der Waals surface area contributed by atoms with Gasteiger partial charge in [0.25, 0.3) is 5.69 Å². The number of pyridine rings is 1. The maximum absolute atomic E-state index is 13.0. The zero-order valence-corrected chi connectivity index (χ0v) is 22.6. The van der Waals surface area contributed by atoms with Gasteiger partial charge in [0.05, 0.1) is 26.2 Å². The van der Waals surface area contributed by atoms with Crippen molar-refractivity contribution < 1.29 is 19.0 Å². The standard InChI is InChI=1S/C27H23ClN6O5S/c28-25-4-3-24(40-25)23-15-19(31-39-23)16-33-22-2-1-21(34(36)37)13-17(22)14-26(33)38-27(35)30-18-7-11-32(12-8-18)20-5-9-29-10-6-20/h1-6,9-10,13-15,18H,7-8,11-12,16H2,(H,30,35). The molecule has 6 rings (SSSR count). The number of aromatic nitrogens is 3. The number of anilines is 1. The van der Waals surface area contributed by atoms with Crippen LogP contribution in [0.25, 0.3) is 21.5 Å². The van der Waals surface area contributed by atoms with Crippen molar-refractivity contribution in [3.63, 3.8) is 0 Å². The molecule has 0 radical (unpaired) electrons. The second kappa shape index (κ2) is 11.0. The lowest BCUT2D eigenvalue weighted by atomic mass is 10.0. The van der Waals surface area contributed by atoms with Crippen LogP contribution in [0.1, 0.15) is 18.5 Å². The Morgan fingerprint density at radius 1 is 1.15 bits per heavy atom. The van der Waals surface area contributed by atoms with Gasteiger partial charge in [-0.3, -0.25) is 15.1 Å². The van der Waals surface area contributed by atoms with E-state index in [-0.39, 0.29) is 24.2 Å². The van der Waals surface area contributed by atoms with E-state index in [1.54, 1.807) is 41.2 Å². The summed E-state index contributed by atoms with van der Waals surface area (Å²) in [6, 6.07) is 15.4. The van der Waals surface area contributed by atoms with Crippen LogP contribution in [0, 0.1) is 10.1 Å². The first-order valence-electron chi connectivity index (χ1n) is 12.6. The molecule has 0 bridgehead atoms. The zero-order valence-electron chi connectivity index (χ0n) is 21.0. The van der Waals surface area contributed by atoms with E-state index in [9.17, 15) is 14.9 Å². The Bertz CT molecular complexity index is 1680. The van der Waals surface area contributed by atoms with Gasteiger partial charge in [-0.25, -0.2) is 4.79 Å². The molecule has 1 saturated heterocycles. The molecule has 0 aliphatic carbocycles. The molecule has 1 aromatic carbocycles. The number of nitrogens with zero attached hydrogens (tertiary/aromatic N) is 5. The van der Waals surface area contributed by atoms with Crippen LogP contribution in [0.2, 0.25) is 4.34 Å². The fourth-order valence-corrected chi connectivity index (χ4v) is 5.82. The van der Waals surface area contributed by atoms with Crippen molar-refractivity contribution in [1.29, 1.82) is 0 Å². The van der Waals surface area contributed by atoms with Gasteiger partial charge in [-0.2, -0.15) is 0 Å². The molecule has 13 heteroatoms. The van der Waals surface area contributed by atoms with E-state index in [1.165, 1.54) is 23.5 Å². The molecule has 0 saturated carbocycles. The van der Waals surface area contributed by atoms with Gasteiger partial charge in [0.15, 0.2) is 5.76 Å². The predicted octanol–water partition coefficient (Wildman–Crippen LogP) is 6.12. The zero-order chi connectivity index (χ0) is 27.6. The monoisotopic (exact) mass is 578 g/mol. The van der Waals surface area contributed by atoms with Crippen molar-refractivity contribution in [3.05, 3.63) is 87.1 Å². The number of halogens is 1. The Hall–Kier alpha value is -4.42. The maximum Gasteiger partial charge on any atom is 0.414 e. The third-order valence-corrected chi connectivity index (χ3v) is 8.04. The quantitative estimate of drug-likeness (QED) is 0.181. The average molecular weight is 579 g/mol. The summed E-state index contributed by atoms with van der Waals surface area (Å²) in [4.78, 5) is 31.0. The van der Waals surface area contributed by atoms with Crippen molar-refractivity contribution in [1.82, 2.24) is 20.0 Å². The first-order chi connectivity index (χ1) is 19.4. The summed E-state index contributed by atoms with van der Waals surface area (Å²) in [5, 5.41) is 19.0. The minimum atomic E-state index is -0.588. The number of nitro benzene ring substituents is 1. The van der Waals surface area contributed by atoms with Crippen molar-refractivity contribution >= 4 is 51.3 Å². The van der Waals surface area contributed by atoms with Crippen LogP contribution in [0.5, 0.6) is 5.88 Å². The Labute approximate surface area is 237 Å². The lowest BCUT2D eigenvalue weighted by Gasteiger charge is -2.33. The number of hydrogen-bond acceptors (Lipinski definition) is 9. The molecule has 1 aliphatic heterocycles. The number of fused-ring (bicyclic) bond motifs is 1. The highest BCUT2D eigenvalue weighted by atomic mass is 35.5. The molecule has 1 fully saturated rings. The van der Waals surface area contributed by atoms with Crippen LogP contribution in [0.4, 0.5) is 16.2 Å². The lowest BCUT2D eigenvalue weighted by molar-refractivity contribution is -0.384. The number of piperidine rings is 1. The summed E-state index contributed by atoms with van der Waals surface area (Å²) in [6.07, 6.45) is 4.47. The molecule has 204 valence electrons. The highest BCUT2D eigenvalue weighted by Crippen LogP contribution is 2.33. The van der Waals surface area contributed by atoms with E-state index in [4.69, 9.17) is 20.9 Å². The van der Waals surface area contributed by atoms with E-state index >= 15 is 0 Å². The van der Waals surface area contributed by atoms with Crippen molar-refractivity contribution in [2.45, 2.75) is 25.4 Å². The van der Waals surface area contributed by atoms with Crippen LogP contribution in [0.3, 0.4) is 0 Å². The van der Waals surface area contributed by atoms with Gasteiger partial charge in [-0.15, -0.1) is 11.3 Å². The molecule has 4 aromatic heterocycles. The molecule has 0 unspecified atom stereocenters. The summed E-state index contributed by atoms with van der Waals surface area (Å²) < 4.78 is 13.6. The van der Waals surface area contributed by atoms with Crippen LogP contribution in [-0.2, 0) is 6.54 Å². The van der Waals surface area contributed by atoms with E-state index in [1.807, 2.05) is 18.2 Å². The van der Waals surface area contributed by atoms with Crippen molar-refractivity contribution in [2.24, 2.45) is 0 Å². The van der Waals surface area contributed by atoms with E-state index in [2.05, 4.69) is 20.4 Å². The van der Waals surface area contributed by atoms with Crippen LogP contribution in [-0.4, -0.2) is 44.9 Å². The number of amides is 1. The molecule has 0 atom stereocenters. The molecular formula is C27H23ClN6O5S. The molecule has 0 spiro atoms. The van der Waals surface area contributed by atoms with Gasteiger partial charge in [-0.1, -0.05) is 16.8 Å². The molecule has 5 heterocycles. The Balaban J connectivity index is 1.19. The third kappa shape index (κ3) is 5.49. The Morgan fingerprint density at radius 3 is 2.67 bits per heavy atom. The minimum Gasteiger partial charge on any atom is -0.393 e. The predicted molar refractivity (Wildman–Crippen MR) is 151 cm³/mol. The summed E-state index contributed by atoms with van der Waals surface area (Å²) in [5.41, 5.74) is 2.29. The summed E-state index contributed by atoms with van der Waals surface area (Å²) in [6.45, 7) is 1.81. The smallest absolute Gasteiger partial charge is 0.393 e. The topological polar surface area (TPSA) is 129 Å². The van der Waals surface area contributed by atoms with Crippen LogP contribution in [0.15, 0.2) is 71.5 Å². The van der Waals surface area contributed by atoms with Gasteiger partial charge >= 0.3 is 6.09 Å². The van der Waals surface area contributed by atoms with E-state index in [0.717, 1.165) is 36.5 Å². The van der Waals surface area contributed by atoms with Crippen molar-refractivity contribution in [3.8, 4) is 16.5 Å². The van der Waals surface area contributed by atoms with Crippen molar-refractivity contribution in [2.75, 3.05) is 18.0 Å². The number of carbonyl (C=O) groups is 1. The van der Waals surface area contributed by atoms with Gasteiger partial charge in [0, 0.05) is 66.9 Å². The van der Waals surface area contributed by atoms with Crippen LogP contribution >= 0.6 is 22.9 Å². The number of carbonyl (C=O) groups excluding carboxylic acids is 1. The van der Waals surface area contributed by atoms with Gasteiger partial charge in [0.1, 0.15) is 5.69 Å². The first-order valence-corrected chi connectivity index (χ1v) is 13.7. The fraction of sp³-hybridized carbons (Fsp3) is 0.222. The number of rotatable bonds is 7. The van der Waals surface area contributed by atoms with Gasteiger partial charge in [-0.05, 0) is 43.2 Å². The molecule has 1 N–H and O–H groups in total. The summed E-state index contributed by atoms with van der Waals surface area (Å²) in [5.74, 6) is 0.809. The Morgan fingerprint density at radius 2 is 1.95 bits per heavy atom. The second-order valence-corrected chi connectivity index (χ2v) is 11.1. The molecular weight excluding hydrogens is 556 g/mol. The molecule has 11 nitrogen and oxygen atoms in total. The number of thiophene rings is 1. The average Bonchev–Trinajstić information content (AvgIpc) is 3.68. The molecule has 40 heavy (non-hydrogen) atoms. The largest absolute Gasteiger partial charge is 0.414 e. The highest BCUT2D eigenvalue weighted by molar-refractivity contribution is 7.19. The molecule has 1 amide bonds. The number of ether oxygens (including phenoxy) is 1. The Kier molecular flexibility index (Phi) is 7.10.